The van der Waals surface area contributed by atoms with Crippen LogP contribution in [-0.2, 0) is 6.42 Å². The third-order valence-electron chi connectivity index (χ3n) is 3.42. The van der Waals surface area contributed by atoms with Crippen LogP contribution >= 0.6 is 27.3 Å². The molecule has 3 aromatic rings. The zero-order valence-corrected chi connectivity index (χ0v) is 14.4. The largest absolute Gasteiger partial charge is 0.459 e. The number of furan rings is 1. The van der Waals surface area contributed by atoms with Crippen molar-refractivity contribution in [2.24, 2.45) is 0 Å². The second kappa shape index (κ2) is 6.30. The van der Waals surface area contributed by atoms with Gasteiger partial charge in [0.2, 0.25) is 0 Å². The summed E-state index contributed by atoms with van der Waals surface area (Å²) in [5.74, 6) is 0.970. The van der Waals surface area contributed by atoms with E-state index in [1.165, 1.54) is 0 Å². The van der Waals surface area contributed by atoms with E-state index in [9.17, 15) is 0 Å². The second-order valence-electron chi connectivity index (χ2n) is 5.11. The molecule has 0 amide bonds. The highest BCUT2D eigenvalue weighted by Gasteiger charge is 2.11. The van der Waals surface area contributed by atoms with Gasteiger partial charge in [-0.15, -0.1) is 11.3 Å². The Balaban J connectivity index is 1.62. The number of rotatable bonds is 5. The van der Waals surface area contributed by atoms with Crippen molar-refractivity contribution in [2.75, 3.05) is 6.54 Å². The highest BCUT2D eigenvalue weighted by molar-refractivity contribution is 9.10. The Hall–Kier alpha value is -1.17. The van der Waals surface area contributed by atoms with E-state index in [1.807, 2.05) is 19.1 Å². The first kappa shape index (κ1) is 14.8. The van der Waals surface area contributed by atoms with Gasteiger partial charge in [0.15, 0.2) is 0 Å². The van der Waals surface area contributed by atoms with E-state index in [2.05, 4.69) is 50.7 Å². The fourth-order valence-corrected chi connectivity index (χ4v) is 3.31. The maximum absolute atomic E-state index is 5.89. The lowest BCUT2D eigenvalue weighted by molar-refractivity contribution is 0.453. The summed E-state index contributed by atoms with van der Waals surface area (Å²) in [6.07, 6.45) is 0.945. The molecular formula is C16H17BrN2OS. The van der Waals surface area contributed by atoms with E-state index < -0.39 is 0 Å². The van der Waals surface area contributed by atoms with Crippen molar-refractivity contribution >= 4 is 38.2 Å². The molecule has 5 heteroatoms. The number of nitrogens with one attached hydrogen (secondary N) is 1. The summed E-state index contributed by atoms with van der Waals surface area (Å²) in [6, 6.07) is 8.36. The number of thiazole rings is 1. The molecule has 0 radical (unpaired) electrons. The summed E-state index contributed by atoms with van der Waals surface area (Å²) < 4.78 is 6.97. The van der Waals surface area contributed by atoms with Gasteiger partial charge in [-0.25, -0.2) is 4.98 Å². The molecule has 0 aliphatic carbocycles. The SMILES string of the molecule is Cc1nc(CCNC(C)c2cc3cc(Br)ccc3o2)cs1. The molecule has 0 saturated heterocycles. The molecule has 0 aliphatic heterocycles. The van der Waals surface area contributed by atoms with Crippen molar-refractivity contribution in [3.63, 3.8) is 0 Å². The minimum Gasteiger partial charge on any atom is -0.459 e. The van der Waals surface area contributed by atoms with Crippen LogP contribution in [0.5, 0.6) is 0 Å². The molecule has 1 atom stereocenters. The topological polar surface area (TPSA) is 38.1 Å². The number of hydrogen-bond donors (Lipinski definition) is 1. The third-order valence-corrected chi connectivity index (χ3v) is 4.74. The Bertz CT molecular complexity index is 750. The number of aromatic nitrogens is 1. The molecule has 0 aliphatic rings. The third kappa shape index (κ3) is 3.54. The fraction of sp³-hybridized carbons (Fsp3) is 0.312. The lowest BCUT2D eigenvalue weighted by atomic mass is 10.2. The van der Waals surface area contributed by atoms with Crippen molar-refractivity contribution in [2.45, 2.75) is 26.3 Å². The highest BCUT2D eigenvalue weighted by Crippen LogP contribution is 2.26. The van der Waals surface area contributed by atoms with Gasteiger partial charge in [-0.05, 0) is 38.1 Å². The molecule has 1 unspecified atom stereocenters. The van der Waals surface area contributed by atoms with E-state index in [1.54, 1.807) is 11.3 Å². The Labute approximate surface area is 136 Å². The Morgan fingerprint density at radius 2 is 2.24 bits per heavy atom. The second-order valence-corrected chi connectivity index (χ2v) is 7.09. The molecule has 0 bridgehead atoms. The fourth-order valence-electron chi connectivity index (χ4n) is 2.29. The average molecular weight is 365 g/mol. The van der Waals surface area contributed by atoms with Crippen LogP contribution in [0.15, 0.2) is 38.5 Å². The number of hydrogen-bond acceptors (Lipinski definition) is 4. The molecule has 2 aromatic heterocycles. The minimum atomic E-state index is 0.191. The summed E-state index contributed by atoms with van der Waals surface area (Å²) in [4.78, 5) is 4.47. The van der Waals surface area contributed by atoms with Gasteiger partial charge in [0, 0.05) is 28.2 Å². The van der Waals surface area contributed by atoms with Crippen molar-refractivity contribution in [1.29, 1.82) is 0 Å². The first-order chi connectivity index (χ1) is 10.1. The Morgan fingerprint density at radius 3 is 3.00 bits per heavy atom. The lowest BCUT2D eigenvalue weighted by Crippen LogP contribution is -2.21. The van der Waals surface area contributed by atoms with Crippen molar-refractivity contribution in [3.8, 4) is 0 Å². The van der Waals surface area contributed by atoms with Crippen molar-refractivity contribution in [3.05, 3.63) is 50.6 Å². The predicted octanol–water partition coefficient (Wildman–Crippen LogP) is 4.85. The first-order valence-electron chi connectivity index (χ1n) is 6.95. The van der Waals surface area contributed by atoms with Crippen LogP contribution in [0, 0.1) is 6.92 Å². The van der Waals surface area contributed by atoms with Gasteiger partial charge in [-0.2, -0.15) is 0 Å². The molecule has 0 fully saturated rings. The minimum absolute atomic E-state index is 0.191. The summed E-state index contributed by atoms with van der Waals surface area (Å²) >= 11 is 5.19. The van der Waals surface area contributed by atoms with Crippen LogP contribution < -0.4 is 5.32 Å². The smallest absolute Gasteiger partial charge is 0.134 e. The van der Waals surface area contributed by atoms with Crippen LogP contribution in [0.4, 0.5) is 0 Å². The molecule has 3 rings (SSSR count). The van der Waals surface area contributed by atoms with Gasteiger partial charge in [-0.1, -0.05) is 15.9 Å². The lowest BCUT2D eigenvalue weighted by Gasteiger charge is -2.10. The van der Waals surface area contributed by atoms with Crippen LogP contribution in [0.2, 0.25) is 0 Å². The van der Waals surface area contributed by atoms with E-state index in [0.29, 0.717) is 0 Å². The summed E-state index contributed by atoms with van der Waals surface area (Å²) in [6.45, 7) is 5.06. The zero-order valence-electron chi connectivity index (χ0n) is 12.0. The summed E-state index contributed by atoms with van der Waals surface area (Å²) in [7, 11) is 0. The van der Waals surface area contributed by atoms with Crippen LogP contribution in [-0.4, -0.2) is 11.5 Å². The molecule has 110 valence electrons. The van der Waals surface area contributed by atoms with Gasteiger partial charge < -0.3 is 9.73 Å². The van der Waals surface area contributed by atoms with Gasteiger partial charge in [-0.3, -0.25) is 0 Å². The number of benzene rings is 1. The quantitative estimate of drug-likeness (QED) is 0.702. The van der Waals surface area contributed by atoms with Gasteiger partial charge in [0.25, 0.3) is 0 Å². The first-order valence-corrected chi connectivity index (χ1v) is 8.62. The van der Waals surface area contributed by atoms with E-state index >= 15 is 0 Å². The van der Waals surface area contributed by atoms with E-state index in [-0.39, 0.29) is 6.04 Å². The van der Waals surface area contributed by atoms with Crippen LogP contribution in [0.3, 0.4) is 0 Å². The number of fused-ring (bicyclic) bond motifs is 1. The molecular weight excluding hydrogens is 348 g/mol. The molecule has 0 saturated carbocycles. The van der Waals surface area contributed by atoms with Gasteiger partial charge >= 0.3 is 0 Å². The standard InChI is InChI=1S/C16H17BrN2OS/c1-10(18-6-5-14-9-21-11(2)19-14)16-8-12-7-13(17)3-4-15(12)20-16/h3-4,7-10,18H,5-6H2,1-2H3. The van der Waals surface area contributed by atoms with Crippen LogP contribution in [0.1, 0.15) is 29.4 Å². The molecule has 1 N–H and O–H groups in total. The van der Waals surface area contributed by atoms with Crippen molar-refractivity contribution in [1.82, 2.24) is 10.3 Å². The summed E-state index contributed by atoms with van der Waals surface area (Å²) in [5, 5.41) is 7.87. The van der Waals surface area contributed by atoms with Crippen molar-refractivity contribution < 1.29 is 4.42 Å². The van der Waals surface area contributed by atoms with Gasteiger partial charge in [0.1, 0.15) is 11.3 Å². The molecule has 21 heavy (non-hydrogen) atoms. The number of halogens is 1. The molecule has 3 nitrogen and oxygen atoms in total. The van der Waals surface area contributed by atoms with Gasteiger partial charge in [0.05, 0.1) is 16.7 Å². The maximum atomic E-state index is 5.89. The maximum Gasteiger partial charge on any atom is 0.134 e. The Morgan fingerprint density at radius 1 is 1.38 bits per heavy atom. The molecule has 2 heterocycles. The highest BCUT2D eigenvalue weighted by atomic mass is 79.9. The Kier molecular flexibility index (Phi) is 4.42. The molecule has 1 aromatic carbocycles. The monoisotopic (exact) mass is 364 g/mol. The van der Waals surface area contributed by atoms with E-state index in [4.69, 9.17) is 4.42 Å². The average Bonchev–Trinajstić information content (AvgIpc) is 3.04. The van der Waals surface area contributed by atoms with Crippen LogP contribution in [0.25, 0.3) is 11.0 Å². The summed E-state index contributed by atoms with van der Waals surface area (Å²) in [5.41, 5.74) is 2.09. The normalized spacial score (nSPS) is 12.9. The zero-order chi connectivity index (χ0) is 14.8. The number of aryl methyl sites for hydroxylation is 1. The number of nitrogens with zero attached hydrogens (tertiary/aromatic N) is 1. The predicted molar refractivity (Wildman–Crippen MR) is 90.9 cm³/mol. The van der Waals surface area contributed by atoms with E-state index in [0.717, 1.165) is 44.9 Å². The molecule has 0 spiro atoms.